The molecule has 1 aliphatic carbocycles. The van der Waals surface area contributed by atoms with Gasteiger partial charge in [0.25, 0.3) is 0 Å². The van der Waals surface area contributed by atoms with Crippen molar-refractivity contribution in [1.82, 2.24) is 10.2 Å². The normalized spacial score (nSPS) is 22.7. The lowest BCUT2D eigenvalue weighted by atomic mass is 9.69. The number of aliphatic imine (C=N–C) groups is 1. The Morgan fingerprint density at radius 1 is 1.19 bits per heavy atom. The Hall–Kier alpha value is -1.99. The Kier molecular flexibility index (Phi) is 7.56. The summed E-state index contributed by atoms with van der Waals surface area (Å²) in [5.74, 6) is 3.29. The number of hydrogen-bond donors (Lipinski definition) is 1. The number of ether oxygens (including phenoxy) is 4. The molecule has 2 heterocycles. The molecule has 0 radical (unpaired) electrons. The number of fused-ring (bicyclic) bond motifs is 1. The van der Waals surface area contributed by atoms with Gasteiger partial charge >= 0.3 is 0 Å². The zero-order chi connectivity index (χ0) is 21.5. The van der Waals surface area contributed by atoms with Crippen LogP contribution in [0.5, 0.6) is 11.5 Å². The Morgan fingerprint density at radius 3 is 2.84 bits per heavy atom. The van der Waals surface area contributed by atoms with Crippen molar-refractivity contribution in [1.29, 1.82) is 0 Å². The number of methoxy groups -OCH3 is 1. The fourth-order valence-corrected chi connectivity index (χ4v) is 5.16. The molecule has 4 rings (SSSR count). The summed E-state index contributed by atoms with van der Waals surface area (Å²) in [7, 11) is 3.60. The largest absolute Gasteiger partial charge is 0.454 e. The molecule has 1 saturated carbocycles. The van der Waals surface area contributed by atoms with E-state index in [0.717, 1.165) is 50.1 Å². The van der Waals surface area contributed by atoms with Crippen LogP contribution in [0.2, 0.25) is 0 Å². The van der Waals surface area contributed by atoms with Crippen molar-refractivity contribution >= 4 is 5.96 Å². The zero-order valence-corrected chi connectivity index (χ0v) is 19.0. The zero-order valence-electron chi connectivity index (χ0n) is 19.0. The number of benzene rings is 1. The second-order valence-electron chi connectivity index (χ2n) is 8.98. The van der Waals surface area contributed by atoms with Gasteiger partial charge in [-0.1, -0.05) is 25.3 Å². The summed E-state index contributed by atoms with van der Waals surface area (Å²) in [6, 6.07) is 6.49. The number of nitrogens with one attached hydrogen (secondary N) is 1. The highest BCUT2D eigenvalue weighted by Gasteiger charge is 2.36. The Labute approximate surface area is 186 Å². The number of hydrogen-bond acceptors (Lipinski definition) is 5. The highest BCUT2D eigenvalue weighted by molar-refractivity contribution is 5.80. The molecular weight excluding hydrogens is 394 g/mol. The van der Waals surface area contributed by atoms with E-state index >= 15 is 0 Å². The summed E-state index contributed by atoms with van der Waals surface area (Å²) in [4.78, 5) is 6.98. The van der Waals surface area contributed by atoms with E-state index in [4.69, 9.17) is 18.9 Å². The van der Waals surface area contributed by atoms with Crippen molar-refractivity contribution in [2.24, 2.45) is 10.9 Å². The van der Waals surface area contributed by atoms with E-state index in [1.807, 2.05) is 7.05 Å². The predicted octanol–water partition coefficient (Wildman–Crippen LogP) is 3.18. The molecule has 2 fully saturated rings. The lowest BCUT2D eigenvalue weighted by Gasteiger charge is -2.39. The summed E-state index contributed by atoms with van der Waals surface area (Å²) < 4.78 is 22.0. The molecule has 0 aromatic heterocycles. The molecule has 31 heavy (non-hydrogen) atoms. The average Bonchev–Trinajstić information content (AvgIpc) is 3.47. The first-order valence-electron chi connectivity index (χ1n) is 11.7. The van der Waals surface area contributed by atoms with Crippen molar-refractivity contribution in [3.63, 3.8) is 0 Å². The van der Waals surface area contributed by atoms with Crippen LogP contribution in [-0.2, 0) is 14.9 Å². The quantitative estimate of drug-likeness (QED) is 0.388. The van der Waals surface area contributed by atoms with Gasteiger partial charge in [-0.05, 0) is 37.0 Å². The van der Waals surface area contributed by atoms with Crippen molar-refractivity contribution in [3.8, 4) is 11.5 Å². The lowest BCUT2D eigenvalue weighted by Crippen LogP contribution is -2.47. The maximum atomic E-state index is 5.75. The van der Waals surface area contributed by atoms with Crippen LogP contribution in [0.3, 0.4) is 0 Å². The standard InChI is InChI=1S/C24H37N3O4/c1-25-23(27-11-8-19(15-27)16-29-13-12-28-2)26-17-24(9-4-3-5-10-24)20-6-7-21-22(14-20)31-18-30-21/h6-7,14,19H,3-5,8-13,15-18H2,1-2H3,(H,25,26). The van der Waals surface area contributed by atoms with E-state index in [2.05, 4.69) is 33.4 Å². The average molecular weight is 432 g/mol. The second kappa shape index (κ2) is 10.6. The fraction of sp³-hybridized carbons (Fsp3) is 0.708. The molecule has 1 saturated heterocycles. The predicted molar refractivity (Wildman–Crippen MR) is 121 cm³/mol. The summed E-state index contributed by atoms with van der Waals surface area (Å²) >= 11 is 0. The molecule has 1 unspecified atom stereocenters. The summed E-state index contributed by atoms with van der Waals surface area (Å²) in [5, 5.41) is 3.73. The van der Waals surface area contributed by atoms with Crippen LogP contribution in [0.1, 0.15) is 44.1 Å². The molecule has 1 atom stereocenters. The molecule has 0 amide bonds. The van der Waals surface area contributed by atoms with E-state index in [9.17, 15) is 0 Å². The van der Waals surface area contributed by atoms with Crippen molar-refractivity contribution in [3.05, 3.63) is 23.8 Å². The summed E-state index contributed by atoms with van der Waals surface area (Å²) in [5.41, 5.74) is 1.46. The highest BCUT2D eigenvalue weighted by atomic mass is 16.7. The van der Waals surface area contributed by atoms with Gasteiger partial charge in [-0.2, -0.15) is 0 Å². The molecule has 7 nitrogen and oxygen atoms in total. The van der Waals surface area contributed by atoms with Gasteiger partial charge in [-0.3, -0.25) is 4.99 Å². The third-order valence-corrected chi connectivity index (χ3v) is 6.96. The smallest absolute Gasteiger partial charge is 0.231 e. The van der Waals surface area contributed by atoms with Crippen molar-refractivity contribution < 1.29 is 18.9 Å². The third-order valence-electron chi connectivity index (χ3n) is 6.96. The SMILES string of the molecule is CN=C(NCC1(c2ccc3c(c2)OCO3)CCCCC1)N1CCC(COCCOC)C1. The van der Waals surface area contributed by atoms with Crippen LogP contribution in [0.4, 0.5) is 0 Å². The van der Waals surface area contributed by atoms with Crippen LogP contribution < -0.4 is 14.8 Å². The molecule has 172 valence electrons. The topological polar surface area (TPSA) is 64.6 Å². The van der Waals surface area contributed by atoms with Gasteiger partial charge in [0, 0.05) is 45.1 Å². The molecule has 0 spiro atoms. The fourth-order valence-electron chi connectivity index (χ4n) is 5.16. The second-order valence-corrected chi connectivity index (χ2v) is 8.98. The molecule has 1 aromatic rings. The van der Waals surface area contributed by atoms with Gasteiger partial charge in [0.05, 0.1) is 19.8 Å². The van der Waals surface area contributed by atoms with Gasteiger partial charge in [0.15, 0.2) is 17.5 Å². The van der Waals surface area contributed by atoms with Crippen molar-refractivity contribution in [2.75, 3.05) is 60.4 Å². The Morgan fingerprint density at radius 2 is 2.03 bits per heavy atom. The van der Waals surface area contributed by atoms with Gasteiger partial charge in [0.1, 0.15) is 0 Å². The first kappa shape index (κ1) is 22.2. The third kappa shape index (κ3) is 5.26. The summed E-state index contributed by atoms with van der Waals surface area (Å²) in [6.07, 6.45) is 7.36. The van der Waals surface area contributed by atoms with E-state index in [1.54, 1.807) is 7.11 Å². The molecule has 0 bridgehead atoms. The van der Waals surface area contributed by atoms with Crippen LogP contribution >= 0.6 is 0 Å². The molecule has 2 aliphatic heterocycles. The van der Waals surface area contributed by atoms with Gasteiger partial charge < -0.3 is 29.2 Å². The Balaban J connectivity index is 1.38. The number of rotatable bonds is 8. The van der Waals surface area contributed by atoms with Crippen LogP contribution in [0.25, 0.3) is 0 Å². The van der Waals surface area contributed by atoms with Gasteiger partial charge in [0.2, 0.25) is 6.79 Å². The minimum Gasteiger partial charge on any atom is -0.454 e. The van der Waals surface area contributed by atoms with Crippen LogP contribution in [0, 0.1) is 5.92 Å². The molecule has 3 aliphatic rings. The van der Waals surface area contributed by atoms with Crippen LogP contribution in [-0.4, -0.2) is 71.3 Å². The molecule has 1 aromatic carbocycles. The first-order valence-corrected chi connectivity index (χ1v) is 11.7. The number of nitrogens with zero attached hydrogens (tertiary/aromatic N) is 2. The molecule has 1 N–H and O–H groups in total. The van der Waals surface area contributed by atoms with E-state index in [0.29, 0.717) is 25.9 Å². The minimum atomic E-state index is 0.109. The van der Waals surface area contributed by atoms with E-state index in [1.165, 1.54) is 37.7 Å². The van der Waals surface area contributed by atoms with E-state index in [-0.39, 0.29) is 5.41 Å². The number of likely N-dealkylation sites (tertiary alicyclic amines) is 1. The first-order chi connectivity index (χ1) is 15.2. The molecular formula is C24H37N3O4. The van der Waals surface area contributed by atoms with Crippen molar-refractivity contribution in [2.45, 2.75) is 43.9 Å². The minimum absolute atomic E-state index is 0.109. The van der Waals surface area contributed by atoms with Gasteiger partial charge in [-0.15, -0.1) is 0 Å². The lowest BCUT2D eigenvalue weighted by molar-refractivity contribution is 0.0536. The maximum absolute atomic E-state index is 5.75. The highest BCUT2D eigenvalue weighted by Crippen LogP contribution is 2.43. The van der Waals surface area contributed by atoms with Crippen LogP contribution in [0.15, 0.2) is 23.2 Å². The maximum Gasteiger partial charge on any atom is 0.231 e. The Bertz CT molecular complexity index is 748. The monoisotopic (exact) mass is 431 g/mol. The molecule has 7 heteroatoms. The summed E-state index contributed by atoms with van der Waals surface area (Å²) in [6.45, 7) is 5.34. The number of guanidine groups is 1. The van der Waals surface area contributed by atoms with E-state index < -0.39 is 0 Å². The van der Waals surface area contributed by atoms with Gasteiger partial charge in [-0.25, -0.2) is 0 Å².